The number of aliphatic carboxylic acids is 1. The van der Waals surface area contributed by atoms with Gasteiger partial charge in [-0.05, 0) is 18.1 Å². The first-order valence-electron chi connectivity index (χ1n) is 6.58. The fourth-order valence-corrected chi connectivity index (χ4v) is 1.96. The molecule has 5 nitrogen and oxygen atoms in total. The summed E-state index contributed by atoms with van der Waals surface area (Å²) >= 11 is 0. The highest BCUT2D eigenvalue weighted by Gasteiger charge is 2.10. The molecule has 20 heavy (non-hydrogen) atoms. The van der Waals surface area contributed by atoms with Gasteiger partial charge in [0.05, 0.1) is 18.1 Å². The van der Waals surface area contributed by atoms with Crippen molar-refractivity contribution in [1.82, 2.24) is 4.90 Å². The van der Waals surface area contributed by atoms with Crippen molar-refractivity contribution >= 4 is 5.97 Å². The van der Waals surface area contributed by atoms with E-state index in [1.165, 1.54) is 0 Å². The van der Waals surface area contributed by atoms with Crippen LogP contribution < -0.4 is 0 Å². The molecule has 108 valence electrons. The Morgan fingerprint density at radius 3 is 2.80 bits per heavy atom. The number of carboxylic acid groups (broad SMARTS) is 1. The molecule has 0 saturated carbocycles. The molecule has 1 aromatic carbocycles. The Balaban J connectivity index is 2.66. The fraction of sp³-hybridized carbons (Fsp3) is 0.467. The van der Waals surface area contributed by atoms with E-state index in [2.05, 4.69) is 6.07 Å². The zero-order valence-electron chi connectivity index (χ0n) is 11.7. The third kappa shape index (κ3) is 5.83. The average molecular weight is 276 g/mol. The van der Waals surface area contributed by atoms with Gasteiger partial charge >= 0.3 is 5.97 Å². The lowest BCUT2D eigenvalue weighted by Gasteiger charge is -2.22. The Labute approximate surface area is 119 Å². The smallest absolute Gasteiger partial charge is 0.304 e. The molecule has 0 unspecified atom stereocenters. The number of rotatable bonds is 9. The highest BCUT2D eigenvalue weighted by molar-refractivity contribution is 5.66. The van der Waals surface area contributed by atoms with E-state index in [1.807, 2.05) is 23.1 Å². The maximum atomic E-state index is 10.7. The largest absolute Gasteiger partial charge is 0.481 e. The van der Waals surface area contributed by atoms with Crippen LogP contribution in [0, 0.1) is 11.3 Å². The van der Waals surface area contributed by atoms with Gasteiger partial charge in [0.15, 0.2) is 0 Å². The first-order chi connectivity index (χ1) is 9.67. The minimum Gasteiger partial charge on any atom is -0.481 e. The van der Waals surface area contributed by atoms with E-state index in [4.69, 9.17) is 15.1 Å². The summed E-state index contributed by atoms with van der Waals surface area (Å²) < 4.78 is 5.02. The lowest BCUT2D eigenvalue weighted by molar-refractivity contribution is -0.137. The number of nitriles is 1. The maximum Gasteiger partial charge on any atom is 0.304 e. The number of carboxylic acids is 1. The lowest BCUT2D eigenvalue weighted by atomic mass is 10.1. The summed E-state index contributed by atoms with van der Waals surface area (Å²) in [5.41, 5.74) is 1.57. The quantitative estimate of drug-likeness (QED) is 0.697. The van der Waals surface area contributed by atoms with Gasteiger partial charge in [0.2, 0.25) is 0 Å². The topological polar surface area (TPSA) is 73.6 Å². The van der Waals surface area contributed by atoms with Crippen molar-refractivity contribution in [2.24, 2.45) is 0 Å². The second-order valence-electron chi connectivity index (χ2n) is 4.54. The number of ether oxygens (including phenoxy) is 1. The Hall–Kier alpha value is -1.90. The van der Waals surface area contributed by atoms with E-state index in [0.29, 0.717) is 25.3 Å². The van der Waals surface area contributed by atoms with Gasteiger partial charge in [-0.25, -0.2) is 0 Å². The molecular weight excluding hydrogens is 256 g/mol. The Morgan fingerprint density at radius 1 is 1.40 bits per heavy atom. The summed E-state index contributed by atoms with van der Waals surface area (Å²) in [5.74, 6) is -0.810. The first kappa shape index (κ1) is 16.2. The molecule has 0 aliphatic heterocycles. The van der Waals surface area contributed by atoms with Crippen molar-refractivity contribution in [3.8, 4) is 6.07 Å². The number of nitrogens with zero attached hydrogens (tertiary/aromatic N) is 2. The molecule has 0 spiro atoms. The van der Waals surface area contributed by atoms with Gasteiger partial charge in [0.1, 0.15) is 0 Å². The number of methoxy groups -OCH3 is 1. The molecule has 1 rings (SSSR count). The number of hydrogen-bond acceptors (Lipinski definition) is 4. The average Bonchev–Trinajstić information content (AvgIpc) is 2.45. The zero-order valence-corrected chi connectivity index (χ0v) is 11.7. The van der Waals surface area contributed by atoms with E-state index in [9.17, 15) is 4.79 Å². The second kappa shape index (κ2) is 9.08. The Kier molecular flexibility index (Phi) is 7.33. The summed E-state index contributed by atoms with van der Waals surface area (Å²) in [7, 11) is 1.65. The normalized spacial score (nSPS) is 10.4. The molecule has 0 saturated heterocycles. The maximum absolute atomic E-state index is 10.7. The minimum atomic E-state index is -0.810. The fourth-order valence-electron chi connectivity index (χ4n) is 1.96. The third-order valence-electron chi connectivity index (χ3n) is 3.00. The van der Waals surface area contributed by atoms with E-state index in [1.54, 1.807) is 13.2 Å². The molecule has 0 atom stereocenters. The van der Waals surface area contributed by atoms with Crippen LogP contribution >= 0.6 is 0 Å². The molecular formula is C15H20N2O3. The molecule has 0 bridgehead atoms. The molecule has 0 radical (unpaired) electrons. The summed E-state index contributed by atoms with van der Waals surface area (Å²) in [6.07, 6.45) is 0.937. The summed E-state index contributed by atoms with van der Waals surface area (Å²) in [6.45, 7) is 2.45. The Bertz CT molecular complexity index is 468. The molecule has 0 fully saturated rings. The van der Waals surface area contributed by atoms with Crippen molar-refractivity contribution in [2.45, 2.75) is 19.4 Å². The second-order valence-corrected chi connectivity index (χ2v) is 4.54. The van der Waals surface area contributed by atoms with Crippen molar-refractivity contribution in [1.29, 1.82) is 5.26 Å². The highest BCUT2D eigenvalue weighted by Crippen LogP contribution is 2.11. The van der Waals surface area contributed by atoms with Gasteiger partial charge < -0.3 is 9.84 Å². The predicted molar refractivity (Wildman–Crippen MR) is 75.2 cm³/mol. The molecule has 1 N–H and O–H groups in total. The van der Waals surface area contributed by atoms with Gasteiger partial charge in [0.25, 0.3) is 0 Å². The molecule has 0 aliphatic carbocycles. The van der Waals surface area contributed by atoms with E-state index >= 15 is 0 Å². The van der Waals surface area contributed by atoms with Crippen molar-refractivity contribution in [2.75, 3.05) is 26.8 Å². The lowest BCUT2D eigenvalue weighted by Crippen LogP contribution is -2.28. The molecule has 5 heteroatoms. The van der Waals surface area contributed by atoms with Crippen LogP contribution in [0.15, 0.2) is 24.3 Å². The minimum absolute atomic E-state index is 0.0989. The number of hydrogen-bond donors (Lipinski definition) is 1. The summed E-state index contributed by atoms with van der Waals surface area (Å²) in [4.78, 5) is 12.8. The van der Waals surface area contributed by atoms with Crippen molar-refractivity contribution in [3.63, 3.8) is 0 Å². The molecule has 0 amide bonds. The van der Waals surface area contributed by atoms with Crippen molar-refractivity contribution < 1.29 is 14.6 Å². The molecule has 0 heterocycles. The van der Waals surface area contributed by atoms with Crippen LogP contribution in [-0.2, 0) is 16.1 Å². The van der Waals surface area contributed by atoms with Gasteiger partial charge in [-0.1, -0.05) is 18.2 Å². The zero-order chi connectivity index (χ0) is 14.8. The number of benzene rings is 1. The monoisotopic (exact) mass is 276 g/mol. The summed E-state index contributed by atoms with van der Waals surface area (Å²) in [6, 6.07) is 9.57. The predicted octanol–water partition coefficient (Wildman–Crippen LogP) is 1.87. The van der Waals surface area contributed by atoms with Crippen LogP contribution in [0.1, 0.15) is 24.0 Å². The summed E-state index contributed by atoms with van der Waals surface area (Å²) in [5, 5.41) is 17.9. The van der Waals surface area contributed by atoms with Gasteiger partial charge in [-0.3, -0.25) is 9.69 Å². The van der Waals surface area contributed by atoms with Crippen LogP contribution in [0.2, 0.25) is 0 Å². The third-order valence-corrected chi connectivity index (χ3v) is 3.00. The van der Waals surface area contributed by atoms with E-state index in [-0.39, 0.29) is 6.42 Å². The van der Waals surface area contributed by atoms with Gasteiger partial charge in [0, 0.05) is 33.4 Å². The van der Waals surface area contributed by atoms with Crippen LogP contribution in [-0.4, -0.2) is 42.8 Å². The SMILES string of the molecule is COCCCN(CCC(=O)O)Cc1ccccc1C#N. The molecule has 1 aromatic rings. The molecule has 0 aliphatic rings. The Morgan fingerprint density at radius 2 is 2.15 bits per heavy atom. The van der Waals surface area contributed by atoms with Gasteiger partial charge in [-0.2, -0.15) is 5.26 Å². The van der Waals surface area contributed by atoms with Crippen molar-refractivity contribution in [3.05, 3.63) is 35.4 Å². The standard InChI is InChI=1S/C15H20N2O3/c1-20-10-4-8-17(9-7-15(18)19)12-14-6-3-2-5-13(14)11-16/h2-3,5-6H,4,7-10,12H2,1H3,(H,18,19). The van der Waals surface area contributed by atoms with Crippen LogP contribution in [0.4, 0.5) is 0 Å². The highest BCUT2D eigenvalue weighted by atomic mass is 16.5. The number of carbonyl (C=O) groups is 1. The molecule has 0 aromatic heterocycles. The van der Waals surface area contributed by atoms with E-state index in [0.717, 1.165) is 18.5 Å². The first-order valence-corrected chi connectivity index (χ1v) is 6.58. The van der Waals surface area contributed by atoms with Crippen LogP contribution in [0.3, 0.4) is 0 Å². The van der Waals surface area contributed by atoms with Crippen LogP contribution in [0.25, 0.3) is 0 Å². The van der Waals surface area contributed by atoms with Gasteiger partial charge in [-0.15, -0.1) is 0 Å². The van der Waals surface area contributed by atoms with E-state index < -0.39 is 5.97 Å². The van der Waals surface area contributed by atoms with Crippen LogP contribution in [0.5, 0.6) is 0 Å².